The molecule has 5 aliphatic carbocycles. The minimum Gasteiger partial charge on any atom is -0.396 e. The average molecular weight is 290 g/mol. The van der Waals surface area contributed by atoms with Crippen molar-refractivity contribution in [1.82, 2.24) is 0 Å². The Bertz CT molecular complexity index is 433. The fourth-order valence-electron chi connectivity index (χ4n) is 8.61. The van der Waals surface area contributed by atoms with Gasteiger partial charge in [0, 0.05) is 6.61 Å². The van der Waals surface area contributed by atoms with Crippen molar-refractivity contribution in [2.45, 2.75) is 51.6 Å². The first-order chi connectivity index (χ1) is 10.2. The number of hydrogen-bond acceptors (Lipinski definition) is 2. The van der Waals surface area contributed by atoms with Crippen molar-refractivity contribution in [1.29, 1.82) is 0 Å². The van der Waals surface area contributed by atoms with E-state index in [2.05, 4.69) is 0 Å². The Morgan fingerprint density at radius 1 is 0.905 bits per heavy atom. The number of rotatable bonds is 3. The van der Waals surface area contributed by atoms with Crippen LogP contribution in [0.1, 0.15) is 45.4 Å². The van der Waals surface area contributed by atoms with Gasteiger partial charge in [-0.25, -0.2) is 0 Å². The monoisotopic (exact) mass is 290 g/mol. The van der Waals surface area contributed by atoms with E-state index < -0.39 is 0 Å². The van der Waals surface area contributed by atoms with Gasteiger partial charge < -0.3 is 10.2 Å². The van der Waals surface area contributed by atoms with E-state index in [0.717, 1.165) is 59.7 Å². The van der Waals surface area contributed by atoms with Crippen LogP contribution in [0.15, 0.2) is 0 Å². The van der Waals surface area contributed by atoms with Gasteiger partial charge in [-0.15, -0.1) is 0 Å². The predicted octanol–water partition coefficient (Wildman–Crippen LogP) is 2.93. The molecule has 5 rings (SSSR count). The third-order valence-electron chi connectivity index (χ3n) is 8.79. The first-order valence-corrected chi connectivity index (χ1v) is 9.49. The molecule has 0 aliphatic heterocycles. The van der Waals surface area contributed by atoms with Crippen molar-refractivity contribution in [2.24, 2.45) is 59.2 Å². The van der Waals surface area contributed by atoms with Crippen molar-refractivity contribution in [3.8, 4) is 0 Å². The summed E-state index contributed by atoms with van der Waals surface area (Å²) in [5, 5.41) is 19.5. The molecule has 0 amide bonds. The average Bonchev–Trinajstić information content (AvgIpc) is 3.21. The van der Waals surface area contributed by atoms with Crippen molar-refractivity contribution in [2.75, 3.05) is 6.61 Å². The molecule has 2 nitrogen and oxygen atoms in total. The molecule has 0 aromatic carbocycles. The molecule has 0 heterocycles. The Morgan fingerprint density at radius 2 is 1.76 bits per heavy atom. The Kier molecular flexibility index (Phi) is 2.85. The second-order valence-corrected chi connectivity index (χ2v) is 9.11. The van der Waals surface area contributed by atoms with Crippen LogP contribution in [0.2, 0.25) is 0 Å². The number of fused-ring (bicyclic) bond motifs is 12. The van der Waals surface area contributed by atoms with Crippen LogP contribution in [0.3, 0.4) is 0 Å². The van der Waals surface area contributed by atoms with Crippen LogP contribution in [-0.4, -0.2) is 22.9 Å². The molecule has 0 aromatic rings. The Hall–Kier alpha value is -0.0800. The number of hydrogen-bond donors (Lipinski definition) is 2. The standard InChI is InChI=1S/C19H30O2/c1-9(21)13-6-11-7-14(13)19-16-8-15(18(11)19)12-3-2-10(4-5-20)17(12)16/h9-21H,2-8H2,1H3. The quantitative estimate of drug-likeness (QED) is 0.785. The molecule has 118 valence electrons. The first kappa shape index (κ1) is 13.4. The summed E-state index contributed by atoms with van der Waals surface area (Å²) in [4.78, 5) is 0. The van der Waals surface area contributed by atoms with Gasteiger partial charge in [0.15, 0.2) is 0 Å². The van der Waals surface area contributed by atoms with Crippen LogP contribution in [0.25, 0.3) is 0 Å². The van der Waals surface area contributed by atoms with Crippen LogP contribution in [0, 0.1) is 59.2 Å². The Morgan fingerprint density at radius 3 is 2.52 bits per heavy atom. The molecule has 5 fully saturated rings. The minimum absolute atomic E-state index is 0.0901. The van der Waals surface area contributed by atoms with E-state index in [1.807, 2.05) is 6.92 Å². The summed E-state index contributed by atoms with van der Waals surface area (Å²) in [6.45, 7) is 2.42. The van der Waals surface area contributed by atoms with E-state index in [1.54, 1.807) is 0 Å². The van der Waals surface area contributed by atoms with E-state index in [1.165, 1.54) is 32.1 Å². The molecule has 0 saturated heterocycles. The molecular formula is C19H30O2. The molecule has 0 aromatic heterocycles. The van der Waals surface area contributed by atoms with E-state index in [-0.39, 0.29) is 6.10 Å². The maximum atomic E-state index is 10.2. The molecular weight excluding hydrogens is 260 g/mol. The van der Waals surface area contributed by atoms with Crippen LogP contribution in [0.5, 0.6) is 0 Å². The summed E-state index contributed by atoms with van der Waals surface area (Å²) in [5.41, 5.74) is 0. The van der Waals surface area contributed by atoms with Gasteiger partial charge >= 0.3 is 0 Å². The largest absolute Gasteiger partial charge is 0.396 e. The maximum absolute atomic E-state index is 10.2. The smallest absolute Gasteiger partial charge is 0.0543 e. The topological polar surface area (TPSA) is 40.5 Å². The van der Waals surface area contributed by atoms with Gasteiger partial charge in [0.2, 0.25) is 0 Å². The van der Waals surface area contributed by atoms with Gasteiger partial charge in [-0.2, -0.15) is 0 Å². The molecule has 11 unspecified atom stereocenters. The zero-order valence-electron chi connectivity index (χ0n) is 13.2. The van der Waals surface area contributed by atoms with Crippen LogP contribution >= 0.6 is 0 Å². The van der Waals surface area contributed by atoms with Crippen molar-refractivity contribution < 1.29 is 10.2 Å². The summed E-state index contributed by atoms with van der Waals surface area (Å²) >= 11 is 0. The second kappa shape index (κ2) is 4.47. The van der Waals surface area contributed by atoms with E-state index in [9.17, 15) is 10.2 Å². The molecule has 2 N–H and O–H groups in total. The molecule has 0 spiro atoms. The van der Waals surface area contributed by atoms with Crippen molar-refractivity contribution >= 4 is 0 Å². The van der Waals surface area contributed by atoms with E-state index >= 15 is 0 Å². The molecule has 5 saturated carbocycles. The van der Waals surface area contributed by atoms with Crippen LogP contribution in [0.4, 0.5) is 0 Å². The fourth-order valence-corrected chi connectivity index (χ4v) is 8.61. The highest BCUT2D eigenvalue weighted by Crippen LogP contribution is 2.74. The first-order valence-electron chi connectivity index (χ1n) is 9.49. The molecule has 5 aliphatic rings. The zero-order valence-corrected chi connectivity index (χ0v) is 13.2. The van der Waals surface area contributed by atoms with Crippen molar-refractivity contribution in [3.05, 3.63) is 0 Å². The lowest BCUT2D eigenvalue weighted by Gasteiger charge is -2.45. The summed E-state index contributed by atoms with van der Waals surface area (Å²) in [7, 11) is 0. The highest BCUT2D eigenvalue weighted by Gasteiger charge is 2.69. The molecule has 0 radical (unpaired) electrons. The number of aliphatic hydroxyl groups excluding tert-OH is 2. The van der Waals surface area contributed by atoms with Gasteiger partial charge in [-0.05, 0) is 105 Å². The third-order valence-corrected chi connectivity index (χ3v) is 8.79. The summed E-state index contributed by atoms with van der Waals surface area (Å²) < 4.78 is 0. The van der Waals surface area contributed by atoms with E-state index in [0.29, 0.717) is 12.5 Å². The lowest BCUT2D eigenvalue weighted by molar-refractivity contribution is -0.00630. The molecule has 4 bridgehead atoms. The lowest BCUT2D eigenvalue weighted by Crippen LogP contribution is -2.42. The minimum atomic E-state index is -0.0901. The van der Waals surface area contributed by atoms with Crippen LogP contribution < -0.4 is 0 Å². The van der Waals surface area contributed by atoms with Crippen molar-refractivity contribution in [3.63, 3.8) is 0 Å². The number of aliphatic hydroxyl groups is 2. The predicted molar refractivity (Wildman–Crippen MR) is 81.4 cm³/mol. The SMILES string of the molecule is CC(O)C1CC2CC1C1C3CC(C4CCC(CCO)C43)C21. The maximum Gasteiger partial charge on any atom is 0.0543 e. The third kappa shape index (κ3) is 1.57. The Balaban J connectivity index is 1.44. The molecule has 11 atom stereocenters. The Labute approximate surface area is 128 Å². The summed E-state index contributed by atoms with van der Waals surface area (Å²) in [6, 6.07) is 0. The van der Waals surface area contributed by atoms with Gasteiger partial charge in [-0.3, -0.25) is 0 Å². The van der Waals surface area contributed by atoms with Gasteiger partial charge in [-0.1, -0.05) is 0 Å². The second-order valence-electron chi connectivity index (χ2n) is 9.11. The lowest BCUT2D eigenvalue weighted by atomic mass is 9.60. The van der Waals surface area contributed by atoms with Gasteiger partial charge in [0.25, 0.3) is 0 Å². The highest BCUT2D eigenvalue weighted by atomic mass is 16.3. The molecule has 2 heteroatoms. The normalized spacial score (nSPS) is 61.3. The zero-order chi connectivity index (χ0) is 14.3. The highest BCUT2D eigenvalue weighted by molar-refractivity contribution is 5.17. The van der Waals surface area contributed by atoms with E-state index in [4.69, 9.17) is 0 Å². The fraction of sp³-hybridized carbons (Fsp3) is 1.00. The van der Waals surface area contributed by atoms with Gasteiger partial charge in [0.1, 0.15) is 0 Å². The summed E-state index contributed by atoms with van der Waals surface area (Å²) in [6.07, 6.45) is 8.07. The van der Waals surface area contributed by atoms with Crippen LogP contribution in [-0.2, 0) is 0 Å². The summed E-state index contributed by atoms with van der Waals surface area (Å²) in [5.74, 6) is 9.14. The van der Waals surface area contributed by atoms with Gasteiger partial charge in [0.05, 0.1) is 6.10 Å². The molecule has 21 heavy (non-hydrogen) atoms.